The zero-order chi connectivity index (χ0) is 20.9. The number of hydrogen-bond acceptors (Lipinski definition) is 2. The normalized spacial score (nSPS) is 20.3. The maximum atomic E-state index is 12.8. The number of allylic oxidation sites excluding steroid dienone is 1. The number of nitrogens with zero attached hydrogens (tertiary/aromatic N) is 2. The Hall–Kier alpha value is -3.64. The highest BCUT2D eigenvalue weighted by atomic mass is 16.2. The van der Waals surface area contributed by atoms with Gasteiger partial charge in [0.15, 0.2) is 0 Å². The van der Waals surface area contributed by atoms with Gasteiger partial charge in [0.1, 0.15) is 0 Å². The number of hydrogen-bond donors (Lipinski definition) is 0. The van der Waals surface area contributed by atoms with E-state index in [0.717, 1.165) is 27.8 Å². The van der Waals surface area contributed by atoms with Gasteiger partial charge in [0.05, 0.1) is 23.7 Å². The summed E-state index contributed by atoms with van der Waals surface area (Å²) in [7, 11) is 0. The van der Waals surface area contributed by atoms with Crippen LogP contribution in [-0.4, -0.2) is 10.8 Å². The van der Waals surface area contributed by atoms with E-state index < -0.39 is 0 Å². The molecule has 0 bridgehead atoms. The highest BCUT2D eigenvalue weighted by Gasteiger charge is 2.37. The van der Waals surface area contributed by atoms with Crippen LogP contribution in [-0.2, 0) is 4.79 Å². The number of carbonyl (C=O) groups excluding carboxylic acids is 1. The number of benzene rings is 3. The van der Waals surface area contributed by atoms with Crippen LogP contribution in [0, 0.1) is 11.3 Å². The van der Waals surface area contributed by atoms with E-state index >= 15 is 0 Å². The van der Waals surface area contributed by atoms with Crippen molar-refractivity contribution in [3.8, 4) is 6.07 Å². The molecule has 3 aromatic carbocycles. The van der Waals surface area contributed by atoms with Crippen LogP contribution in [0.25, 0.3) is 5.57 Å². The van der Waals surface area contributed by atoms with Gasteiger partial charge in [-0.05, 0) is 35.1 Å². The monoisotopic (exact) mass is 392 g/mol. The molecular formula is C27H24N2O. The molecule has 0 aliphatic carbocycles. The van der Waals surface area contributed by atoms with Gasteiger partial charge in [0.2, 0.25) is 5.91 Å². The number of carbonyl (C=O) groups is 1. The Balaban J connectivity index is 1.88. The van der Waals surface area contributed by atoms with E-state index in [2.05, 4.69) is 30.3 Å². The zero-order valence-electron chi connectivity index (χ0n) is 17.0. The fraction of sp³-hybridized carbons (Fsp3) is 0.185. The smallest absolute Gasteiger partial charge is 0.220 e. The Morgan fingerprint density at radius 3 is 1.63 bits per heavy atom. The summed E-state index contributed by atoms with van der Waals surface area (Å²) in [5.41, 5.74) is 4.95. The van der Waals surface area contributed by atoms with Gasteiger partial charge < -0.3 is 4.90 Å². The number of rotatable bonds is 3. The average Bonchev–Trinajstić information content (AvgIpc) is 2.81. The molecule has 30 heavy (non-hydrogen) atoms. The minimum atomic E-state index is -0.107. The molecule has 0 N–H and O–H groups in total. The van der Waals surface area contributed by atoms with Crippen LogP contribution in [0.4, 0.5) is 0 Å². The van der Waals surface area contributed by atoms with Gasteiger partial charge in [-0.1, -0.05) is 91.0 Å². The quantitative estimate of drug-likeness (QED) is 0.506. The zero-order valence-corrected chi connectivity index (χ0v) is 17.0. The highest BCUT2D eigenvalue weighted by Crippen LogP contribution is 2.46. The van der Waals surface area contributed by atoms with Crippen LogP contribution in [0.5, 0.6) is 0 Å². The van der Waals surface area contributed by atoms with Crippen LogP contribution in [0.3, 0.4) is 0 Å². The minimum absolute atomic E-state index is 0.0509. The predicted octanol–water partition coefficient (Wildman–Crippen LogP) is 6.09. The molecular weight excluding hydrogens is 368 g/mol. The second kappa shape index (κ2) is 8.80. The molecule has 1 heterocycles. The van der Waals surface area contributed by atoms with Crippen molar-refractivity contribution >= 4 is 11.5 Å². The summed E-state index contributed by atoms with van der Waals surface area (Å²) < 4.78 is 0. The molecule has 3 aromatic rings. The third kappa shape index (κ3) is 3.90. The number of amides is 1. The first-order valence-corrected chi connectivity index (χ1v) is 10.3. The summed E-state index contributed by atoms with van der Waals surface area (Å²) in [5.74, 6) is 0.0509. The van der Waals surface area contributed by atoms with E-state index in [1.54, 1.807) is 6.92 Å². The Bertz CT molecular complexity index is 1030. The Kier molecular flexibility index (Phi) is 5.77. The molecule has 1 saturated heterocycles. The average molecular weight is 393 g/mol. The molecule has 148 valence electrons. The van der Waals surface area contributed by atoms with Gasteiger partial charge in [0, 0.05) is 6.92 Å². The SMILES string of the molecule is CC(=O)N1[C@@H](c2ccccc2)CC(=C(C#N)c2ccccc2)C[C@H]1c1ccccc1. The van der Waals surface area contributed by atoms with Crippen molar-refractivity contribution in [2.75, 3.05) is 0 Å². The summed E-state index contributed by atoms with van der Waals surface area (Å²) >= 11 is 0. The van der Waals surface area contributed by atoms with E-state index in [0.29, 0.717) is 12.8 Å². The van der Waals surface area contributed by atoms with Crippen LogP contribution in [0.15, 0.2) is 96.6 Å². The minimum Gasteiger partial charge on any atom is -0.328 e. The van der Waals surface area contributed by atoms with Crippen LogP contribution >= 0.6 is 0 Å². The van der Waals surface area contributed by atoms with Crippen LogP contribution in [0.1, 0.15) is 48.5 Å². The lowest BCUT2D eigenvalue weighted by atomic mass is 9.81. The Morgan fingerprint density at radius 1 is 0.800 bits per heavy atom. The molecule has 3 heteroatoms. The molecule has 1 aliphatic rings. The summed E-state index contributed by atoms with van der Waals surface area (Å²) in [5, 5.41) is 10.0. The van der Waals surface area contributed by atoms with Crippen LogP contribution < -0.4 is 0 Å². The van der Waals surface area contributed by atoms with Crippen molar-refractivity contribution in [2.45, 2.75) is 31.8 Å². The number of nitriles is 1. The summed E-state index contributed by atoms with van der Waals surface area (Å²) in [6.07, 6.45) is 1.31. The largest absolute Gasteiger partial charge is 0.328 e. The topological polar surface area (TPSA) is 44.1 Å². The van der Waals surface area contributed by atoms with E-state index in [1.807, 2.05) is 71.6 Å². The molecule has 1 fully saturated rings. The molecule has 0 aromatic heterocycles. The lowest BCUT2D eigenvalue weighted by Crippen LogP contribution is -2.40. The van der Waals surface area contributed by atoms with E-state index in [1.165, 1.54) is 0 Å². The van der Waals surface area contributed by atoms with Gasteiger partial charge in [0.25, 0.3) is 0 Å². The lowest BCUT2D eigenvalue weighted by Gasteiger charge is -2.43. The van der Waals surface area contributed by atoms with Crippen LogP contribution in [0.2, 0.25) is 0 Å². The Morgan fingerprint density at radius 2 is 1.23 bits per heavy atom. The Labute approximate surface area is 177 Å². The third-order valence-corrected chi connectivity index (χ3v) is 5.81. The molecule has 0 spiro atoms. The van der Waals surface area contributed by atoms with Crippen molar-refractivity contribution < 1.29 is 4.79 Å². The van der Waals surface area contributed by atoms with Gasteiger partial charge in [-0.25, -0.2) is 0 Å². The highest BCUT2D eigenvalue weighted by molar-refractivity contribution is 5.81. The fourth-order valence-electron chi connectivity index (χ4n) is 4.47. The molecule has 2 atom stereocenters. The fourth-order valence-corrected chi connectivity index (χ4v) is 4.47. The van der Waals surface area contributed by atoms with Gasteiger partial charge >= 0.3 is 0 Å². The molecule has 0 saturated carbocycles. The number of piperidine rings is 1. The van der Waals surface area contributed by atoms with Gasteiger partial charge in [-0.3, -0.25) is 4.79 Å². The van der Waals surface area contributed by atoms with E-state index in [4.69, 9.17) is 0 Å². The molecule has 3 nitrogen and oxygen atoms in total. The van der Waals surface area contributed by atoms with Gasteiger partial charge in [-0.15, -0.1) is 0 Å². The van der Waals surface area contributed by atoms with E-state index in [-0.39, 0.29) is 18.0 Å². The van der Waals surface area contributed by atoms with Crippen molar-refractivity contribution in [3.63, 3.8) is 0 Å². The second-order valence-electron chi connectivity index (χ2n) is 7.64. The van der Waals surface area contributed by atoms with E-state index in [9.17, 15) is 10.1 Å². The summed E-state index contributed by atoms with van der Waals surface area (Å²) in [4.78, 5) is 14.8. The molecule has 1 aliphatic heterocycles. The third-order valence-electron chi connectivity index (χ3n) is 5.81. The molecule has 0 radical (unpaired) electrons. The second-order valence-corrected chi connectivity index (χ2v) is 7.64. The van der Waals surface area contributed by atoms with Crippen molar-refractivity contribution in [3.05, 3.63) is 113 Å². The first kappa shape index (κ1) is 19.7. The molecule has 0 unspecified atom stereocenters. The van der Waals surface area contributed by atoms with Crippen molar-refractivity contribution in [1.29, 1.82) is 5.26 Å². The lowest BCUT2D eigenvalue weighted by molar-refractivity contribution is -0.135. The maximum absolute atomic E-state index is 12.8. The summed E-state index contributed by atoms with van der Waals surface area (Å²) in [6.45, 7) is 1.64. The molecule has 1 amide bonds. The summed E-state index contributed by atoms with van der Waals surface area (Å²) in [6, 6.07) is 32.4. The number of likely N-dealkylation sites (tertiary alicyclic amines) is 1. The van der Waals surface area contributed by atoms with Crippen molar-refractivity contribution in [1.82, 2.24) is 4.90 Å². The molecule has 4 rings (SSSR count). The predicted molar refractivity (Wildman–Crippen MR) is 119 cm³/mol. The standard InChI is InChI=1S/C27H24N2O/c1-20(30)29-26(22-13-7-3-8-14-22)17-24(18-27(29)23-15-9-4-10-16-23)25(19-28)21-11-5-2-6-12-21/h2-16,26-27H,17-18H2,1H3/t26-,27+. The van der Waals surface area contributed by atoms with Crippen molar-refractivity contribution in [2.24, 2.45) is 0 Å². The van der Waals surface area contributed by atoms with Gasteiger partial charge in [-0.2, -0.15) is 5.26 Å². The maximum Gasteiger partial charge on any atom is 0.220 e. The first-order valence-electron chi connectivity index (χ1n) is 10.3. The first-order chi connectivity index (χ1) is 14.7.